The fraction of sp³-hybridized carbons (Fsp3) is 0.214. The molecule has 0 amide bonds. The van der Waals surface area contributed by atoms with Crippen molar-refractivity contribution in [1.82, 2.24) is 5.32 Å². The highest BCUT2D eigenvalue weighted by atomic mass is 32.2. The van der Waals surface area contributed by atoms with Gasteiger partial charge in [-0.3, -0.25) is 4.99 Å². The van der Waals surface area contributed by atoms with Gasteiger partial charge in [-0.25, -0.2) is 0 Å². The highest BCUT2D eigenvalue weighted by Crippen LogP contribution is 2.33. The van der Waals surface area contributed by atoms with Crippen LogP contribution in [0.1, 0.15) is 19.4 Å². The SMILES string of the molecule is C#CC1=C(C)Sc2ccccc2C(=NCC)N1. The minimum Gasteiger partial charge on any atom is -0.332 e. The molecule has 0 aromatic heterocycles. The van der Waals surface area contributed by atoms with Gasteiger partial charge >= 0.3 is 0 Å². The second kappa shape index (κ2) is 5.11. The number of hydrogen-bond donors (Lipinski definition) is 1. The number of nitrogens with one attached hydrogen (secondary N) is 1. The molecule has 0 atom stereocenters. The van der Waals surface area contributed by atoms with E-state index in [1.807, 2.05) is 26.0 Å². The van der Waals surface area contributed by atoms with Gasteiger partial charge in [-0.15, -0.1) is 6.42 Å². The summed E-state index contributed by atoms with van der Waals surface area (Å²) in [6.45, 7) is 4.78. The van der Waals surface area contributed by atoms with Gasteiger partial charge in [0.05, 0.1) is 0 Å². The minimum atomic E-state index is 0.734. The Balaban J connectivity index is 2.56. The molecule has 0 fully saturated rings. The lowest BCUT2D eigenvalue weighted by Gasteiger charge is -2.08. The zero-order valence-electron chi connectivity index (χ0n) is 9.95. The van der Waals surface area contributed by atoms with Gasteiger partial charge in [-0.2, -0.15) is 0 Å². The number of hydrogen-bond acceptors (Lipinski definition) is 2. The molecule has 1 heterocycles. The van der Waals surface area contributed by atoms with E-state index in [0.29, 0.717) is 0 Å². The Hall–Kier alpha value is -1.66. The first-order chi connectivity index (χ1) is 8.26. The monoisotopic (exact) mass is 242 g/mol. The number of allylic oxidation sites excluding steroid dienone is 2. The first-order valence-electron chi connectivity index (χ1n) is 5.52. The standard InChI is InChI=1S/C14H14N2S/c1-4-12-10(3)17-13-9-7-6-8-11(13)14(16-12)15-5-2/h1,6-9H,5H2,2-3H3,(H,15,16). The number of thioether (sulfide) groups is 1. The van der Waals surface area contributed by atoms with Crippen molar-refractivity contribution in [2.75, 3.05) is 6.54 Å². The zero-order valence-corrected chi connectivity index (χ0v) is 10.8. The summed E-state index contributed by atoms with van der Waals surface area (Å²) in [6.07, 6.45) is 5.52. The normalized spacial score (nSPS) is 17.1. The number of nitrogens with zero attached hydrogens (tertiary/aromatic N) is 1. The summed E-state index contributed by atoms with van der Waals surface area (Å²) >= 11 is 1.69. The van der Waals surface area contributed by atoms with Crippen molar-refractivity contribution in [3.63, 3.8) is 0 Å². The van der Waals surface area contributed by atoms with Gasteiger partial charge in [0.2, 0.25) is 0 Å². The molecule has 0 saturated heterocycles. The maximum Gasteiger partial charge on any atom is 0.134 e. The predicted octanol–water partition coefficient (Wildman–Crippen LogP) is 3.01. The third-order valence-corrected chi connectivity index (χ3v) is 3.55. The van der Waals surface area contributed by atoms with Crippen molar-refractivity contribution in [3.8, 4) is 12.3 Å². The summed E-state index contributed by atoms with van der Waals surface area (Å²) in [5.74, 6) is 3.55. The topological polar surface area (TPSA) is 24.4 Å². The summed E-state index contributed by atoms with van der Waals surface area (Å²) in [4.78, 5) is 6.77. The molecule has 0 radical (unpaired) electrons. The van der Waals surface area contributed by atoms with Crippen LogP contribution < -0.4 is 5.32 Å². The lowest BCUT2D eigenvalue weighted by atomic mass is 10.2. The second-order valence-corrected chi connectivity index (χ2v) is 4.88. The summed E-state index contributed by atoms with van der Waals surface area (Å²) < 4.78 is 0. The van der Waals surface area contributed by atoms with E-state index < -0.39 is 0 Å². The van der Waals surface area contributed by atoms with Crippen LogP contribution in [-0.4, -0.2) is 12.4 Å². The molecule has 0 bridgehead atoms. The van der Waals surface area contributed by atoms with Crippen LogP contribution >= 0.6 is 11.8 Å². The second-order valence-electron chi connectivity index (χ2n) is 3.62. The quantitative estimate of drug-likeness (QED) is 0.766. The van der Waals surface area contributed by atoms with E-state index in [2.05, 4.69) is 28.4 Å². The van der Waals surface area contributed by atoms with Crippen LogP contribution in [0.5, 0.6) is 0 Å². The van der Waals surface area contributed by atoms with Crippen LogP contribution in [-0.2, 0) is 0 Å². The molecule has 3 heteroatoms. The molecule has 2 rings (SSSR count). The fourth-order valence-electron chi connectivity index (χ4n) is 1.66. The molecule has 0 spiro atoms. The minimum absolute atomic E-state index is 0.734. The third kappa shape index (κ3) is 2.37. The number of rotatable bonds is 1. The Morgan fingerprint density at radius 2 is 2.18 bits per heavy atom. The van der Waals surface area contributed by atoms with E-state index >= 15 is 0 Å². The average molecular weight is 242 g/mol. The number of aliphatic imine (C=N–C) groups is 1. The van der Waals surface area contributed by atoms with E-state index in [1.165, 1.54) is 4.90 Å². The molecule has 0 aliphatic carbocycles. The van der Waals surface area contributed by atoms with Crippen molar-refractivity contribution in [2.45, 2.75) is 18.7 Å². The van der Waals surface area contributed by atoms with Gasteiger partial charge in [0.15, 0.2) is 0 Å². The predicted molar refractivity (Wildman–Crippen MR) is 74.0 cm³/mol. The first kappa shape index (κ1) is 11.8. The van der Waals surface area contributed by atoms with Crippen LogP contribution in [0, 0.1) is 12.3 Å². The number of fused-ring (bicyclic) bond motifs is 1. The molecule has 86 valence electrons. The number of amidine groups is 1. The first-order valence-corrected chi connectivity index (χ1v) is 6.34. The summed E-state index contributed by atoms with van der Waals surface area (Å²) in [6, 6.07) is 8.21. The summed E-state index contributed by atoms with van der Waals surface area (Å²) in [5.41, 5.74) is 1.92. The van der Waals surface area contributed by atoms with Gasteiger partial charge in [-0.1, -0.05) is 35.9 Å². The van der Waals surface area contributed by atoms with Crippen LogP contribution in [0.4, 0.5) is 0 Å². The molecular formula is C14H14N2S. The van der Waals surface area contributed by atoms with Crippen molar-refractivity contribution < 1.29 is 0 Å². The molecule has 1 aliphatic rings. The van der Waals surface area contributed by atoms with E-state index in [4.69, 9.17) is 6.42 Å². The largest absolute Gasteiger partial charge is 0.332 e. The van der Waals surface area contributed by atoms with Crippen LogP contribution in [0.2, 0.25) is 0 Å². The van der Waals surface area contributed by atoms with Gasteiger partial charge in [0.1, 0.15) is 11.5 Å². The Bertz CT molecular complexity index is 535. The summed E-state index contributed by atoms with van der Waals surface area (Å²) in [7, 11) is 0. The molecule has 0 unspecified atom stereocenters. The zero-order chi connectivity index (χ0) is 12.3. The highest BCUT2D eigenvalue weighted by molar-refractivity contribution is 8.03. The van der Waals surface area contributed by atoms with Crippen molar-refractivity contribution >= 4 is 17.6 Å². The van der Waals surface area contributed by atoms with Crippen molar-refractivity contribution in [1.29, 1.82) is 0 Å². The Kier molecular flexibility index (Phi) is 3.55. The number of benzene rings is 1. The summed E-state index contributed by atoms with van der Waals surface area (Å²) in [5, 5.41) is 3.25. The molecule has 2 nitrogen and oxygen atoms in total. The highest BCUT2D eigenvalue weighted by Gasteiger charge is 2.16. The van der Waals surface area contributed by atoms with Crippen molar-refractivity contribution in [2.24, 2.45) is 4.99 Å². The van der Waals surface area contributed by atoms with Gasteiger partial charge in [0.25, 0.3) is 0 Å². The van der Waals surface area contributed by atoms with E-state index in [1.54, 1.807) is 11.8 Å². The van der Waals surface area contributed by atoms with Gasteiger partial charge in [-0.05, 0) is 19.9 Å². The molecule has 1 N–H and O–H groups in total. The Morgan fingerprint density at radius 1 is 1.41 bits per heavy atom. The average Bonchev–Trinajstić information content (AvgIpc) is 2.47. The molecular weight excluding hydrogens is 228 g/mol. The van der Waals surface area contributed by atoms with E-state index in [9.17, 15) is 0 Å². The maximum absolute atomic E-state index is 5.52. The van der Waals surface area contributed by atoms with Crippen molar-refractivity contribution in [3.05, 3.63) is 40.4 Å². The molecule has 1 aliphatic heterocycles. The van der Waals surface area contributed by atoms with E-state index in [-0.39, 0.29) is 0 Å². The van der Waals surface area contributed by atoms with Gasteiger partial charge < -0.3 is 5.32 Å². The molecule has 0 saturated carbocycles. The Morgan fingerprint density at radius 3 is 2.88 bits per heavy atom. The maximum atomic E-state index is 5.52. The van der Waals surface area contributed by atoms with Crippen LogP contribution in [0.15, 0.2) is 44.8 Å². The lowest BCUT2D eigenvalue weighted by molar-refractivity contribution is 1.07. The fourth-order valence-corrected chi connectivity index (χ4v) is 2.62. The van der Waals surface area contributed by atoms with E-state index in [0.717, 1.165) is 28.5 Å². The number of terminal acetylenes is 1. The smallest absolute Gasteiger partial charge is 0.134 e. The Labute approximate surface area is 106 Å². The molecule has 17 heavy (non-hydrogen) atoms. The van der Waals surface area contributed by atoms with Crippen LogP contribution in [0.3, 0.4) is 0 Å². The molecule has 1 aromatic carbocycles. The third-order valence-electron chi connectivity index (χ3n) is 2.46. The lowest BCUT2D eigenvalue weighted by Crippen LogP contribution is -2.23. The van der Waals surface area contributed by atoms with Crippen LogP contribution in [0.25, 0.3) is 0 Å². The molecule has 1 aromatic rings. The van der Waals surface area contributed by atoms with Gasteiger partial charge in [0, 0.05) is 21.9 Å².